The van der Waals surface area contributed by atoms with Crippen LogP contribution in [0.3, 0.4) is 0 Å². The first-order valence-electron chi connectivity index (χ1n) is 9.06. The standard InChI is InChI=1S/C19H25N3O2/c1-14-12-17(14)18-7-5-16(24-18)6-8-19(23)22-11-2-4-15(22)13-21-10-3-9-20-21/h3,5,7,9-10,14-15,17H,2,4,6,8,11-13H2,1H3/t14-,15+,17+/m1/s1. The number of furan rings is 1. The van der Waals surface area contributed by atoms with Crippen LogP contribution < -0.4 is 0 Å². The quantitative estimate of drug-likeness (QED) is 0.818. The molecule has 1 saturated carbocycles. The minimum absolute atomic E-state index is 0.238. The molecule has 5 heteroatoms. The second kappa shape index (κ2) is 6.46. The van der Waals surface area contributed by atoms with Gasteiger partial charge in [-0.2, -0.15) is 5.10 Å². The van der Waals surface area contributed by atoms with Gasteiger partial charge < -0.3 is 9.32 Å². The predicted molar refractivity (Wildman–Crippen MR) is 90.5 cm³/mol. The van der Waals surface area contributed by atoms with Crippen LogP contribution in [0.25, 0.3) is 0 Å². The summed E-state index contributed by atoms with van der Waals surface area (Å²) >= 11 is 0. The smallest absolute Gasteiger partial charge is 0.223 e. The van der Waals surface area contributed by atoms with Gasteiger partial charge in [0, 0.05) is 37.7 Å². The van der Waals surface area contributed by atoms with Gasteiger partial charge in [0.2, 0.25) is 5.91 Å². The van der Waals surface area contributed by atoms with Crippen molar-refractivity contribution in [2.24, 2.45) is 5.92 Å². The van der Waals surface area contributed by atoms with Crippen LogP contribution >= 0.6 is 0 Å². The van der Waals surface area contributed by atoms with E-state index in [1.165, 1.54) is 6.42 Å². The molecular formula is C19H25N3O2. The number of likely N-dealkylation sites (tertiary alicyclic amines) is 1. The van der Waals surface area contributed by atoms with Crippen LogP contribution in [0.5, 0.6) is 0 Å². The Hall–Kier alpha value is -2.04. The molecule has 24 heavy (non-hydrogen) atoms. The van der Waals surface area contributed by atoms with Gasteiger partial charge in [-0.25, -0.2) is 0 Å². The molecule has 3 heterocycles. The summed E-state index contributed by atoms with van der Waals surface area (Å²) in [5, 5.41) is 4.26. The van der Waals surface area contributed by atoms with Gasteiger partial charge in [-0.15, -0.1) is 0 Å². The minimum Gasteiger partial charge on any atom is -0.466 e. The number of carbonyl (C=O) groups is 1. The van der Waals surface area contributed by atoms with Gasteiger partial charge in [-0.05, 0) is 43.4 Å². The molecule has 0 aromatic carbocycles. The Morgan fingerprint density at radius 2 is 2.29 bits per heavy atom. The van der Waals surface area contributed by atoms with E-state index in [2.05, 4.69) is 18.1 Å². The van der Waals surface area contributed by atoms with Crippen molar-refractivity contribution in [1.82, 2.24) is 14.7 Å². The van der Waals surface area contributed by atoms with Crippen LogP contribution in [0.1, 0.15) is 50.0 Å². The third kappa shape index (κ3) is 3.25. The summed E-state index contributed by atoms with van der Waals surface area (Å²) in [5.41, 5.74) is 0. The summed E-state index contributed by atoms with van der Waals surface area (Å²) in [6, 6.07) is 6.33. The molecule has 0 N–H and O–H groups in total. The highest BCUT2D eigenvalue weighted by molar-refractivity contribution is 5.77. The molecule has 2 aromatic heterocycles. The van der Waals surface area contributed by atoms with E-state index in [4.69, 9.17) is 4.42 Å². The first-order valence-corrected chi connectivity index (χ1v) is 9.06. The Bertz CT molecular complexity index is 691. The van der Waals surface area contributed by atoms with Crippen molar-refractivity contribution in [1.29, 1.82) is 0 Å². The minimum atomic E-state index is 0.238. The number of nitrogens with zero attached hydrogens (tertiary/aromatic N) is 3. The number of hydrogen-bond donors (Lipinski definition) is 0. The second-order valence-corrected chi connectivity index (χ2v) is 7.23. The van der Waals surface area contributed by atoms with Gasteiger partial charge in [0.1, 0.15) is 11.5 Å². The fourth-order valence-corrected chi connectivity index (χ4v) is 3.80. The highest BCUT2D eigenvalue weighted by atomic mass is 16.3. The van der Waals surface area contributed by atoms with E-state index in [1.807, 2.05) is 27.9 Å². The van der Waals surface area contributed by atoms with E-state index < -0.39 is 0 Å². The maximum Gasteiger partial charge on any atom is 0.223 e. The van der Waals surface area contributed by atoms with Crippen molar-refractivity contribution in [3.8, 4) is 0 Å². The van der Waals surface area contributed by atoms with Gasteiger partial charge >= 0.3 is 0 Å². The first-order chi connectivity index (χ1) is 11.7. The molecular weight excluding hydrogens is 302 g/mol. The van der Waals surface area contributed by atoms with Crippen LogP contribution in [0.15, 0.2) is 35.0 Å². The molecule has 0 unspecified atom stereocenters. The fourth-order valence-electron chi connectivity index (χ4n) is 3.80. The molecule has 1 aliphatic carbocycles. The lowest BCUT2D eigenvalue weighted by Crippen LogP contribution is -2.38. The summed E-state index contributed by atoms with van der Waals surface area (Å²) in [6.45, 7) is 3.92. The second-order valence-electron chi connectivity index (χ2n) is 7.23. The lowest BCUT2D eigenvalue weighted by Gasteiger charge is -2.24. The van der Waals surface area contributed by atoms with E-state index in [1.54, 1.807) is 6.20 Å². The summed E-state index contributed by atoms with van der Waals surface area (Å²) < 4.78 is 7.84. The van der Waals surface area contributed by atoms with Crippen LogP contribution in [-0.2, 0) is 17.8 Å². The Kier molecular flexibility index (Phi) is 4.17. The molecule has 5 nitrogen and oxygen atoms in total. The number of aromatic nitrogens is 2. The van der Waals surface area contributed by atoms with Gasteiger partial charge in [-0.3, -0.25) is 9.48 Å². The van der Waals surface area contributed by atoms with Gasteiger partial charge in [0.15, 0.2) is 0 Å². The van der Waals surface area contributed by atoms with Crippen LogP contribution in [-0.4, -0.2) is 33.2 Å². The Balaban J connectivity index is 1.31. The Morgan fingerprint density at radius 1 is 1.42 bits per heavy atom. The number of carbonyl (C=O) groups excluding carboxylic acids is 1. The average Bonchev–Trinajstić information content (AvgIpc) is 3.08. The highest BCUT2D eigenvalue weighted by Crippen LogP contribution is 2.47. The number of rotatable bonds is 6. The van der Waals surface area contributed by atoms with Crippen LogP contribution in [0.4, 0.5) is 0 Å². The molecule has 0 bridgehead atoms. The maximum absolute atomic E-state index is 12.6. The lowest BCUT2D eigenvalue weighted by molar-refractivity contribution is -0.132. The third-order valence-corrected chi connectivity index (χ3v) is 5.40. The molecule has 2 aromatic rings. The molecule has 1 saturated heterocycles. The van der Waals surface area contributed by atoms with Crippen LogP contribution in [0.2, 0.25) is 0 Å². The molecule has 128 valence electrons. The van der Waals surface area contributed by atoms with Crippen LogP contribution in [0, 0.1) is 5.92 Å². The largest absolute Gasteiger partial charge is 0.466 e. The summed E-state index contributed by atoms with van der Waals surface area (Å²) in [4.78, 5) is 14.7. The average molecular weight is 327 g/mol. The highest BCUT2D eigenvalue weighted by Gasteiger charge is 2.36. The molecule has 4 rings (SSSR count). The van der Waals surface area contributed by atoms with Crippen molar-refractivity contribution in [2.45, 2.75) is 57.5 Å². The van der Waals surface area contributed by atoms with Gasteiger partial charge in [-0.1, -0.05) is 6.92 Å². The predicted octanol–water partition coefficient (Wildman–Crippen LogP) is 3.22. The first kappa shape index (κ1) is 15.5. The summed E-state index contributed by atoms with van der Waals surface area (Å²) in [7, 11) is 0. The summed E-state index contributed by atoms with van der Waals surface area (Å²) in [5.74, 6) is 3.63. The monoisotopic (exact) mass is 327 g/mol. The molecule has 3 atom stereocenters. The number of amides is 1. The third-order valence-electron chi connectivity index (χ3n) is 5.40. The zero-order valence-electron chi connectivity index (χ0n) is 14.2. The molecule has 2 aliphatic rings. The normalized spacial score (nSPS) is 26.0. The van der Waals surface area contributed by atoms with Crippen molar-refractivity contribution in [3.05, 3.63) is 42.1 Å². The number of aryl methyl sites for hydroxylation is 1. The van der Waals surface area contributed by atoms with Gasteiger partial charge in [0.25, 0.3) is 0 Å². The lowest BCUT2D eigenvalue weighted by atomic mass is 10.2. The molecule has 0 radical (unpaired) electrons. The van der Waals surface area contributed by atoms with Gasteiger partial charge in [0.05, 0.1) is 12.6 Å². The maximum atomic E-state index is 12.6. The van der Waals surface area contributed by atoms with Crippen molar-refractivity contribution < 1.29 is 9.21 Å². The topological polar surface area (TPSA) is 51.3 Å². The number of hydrogen-bond acceptors (Lipinski definition) is 3. The van der Waals surface area contributed by atoms with E-state index in [0.29, 0.717) is 18.8 Å². The van der Waals surface area contributed by atoms with E-state index in [9.17, 15) is 4.79 Å². The SMILES string of the molecule is C[C@@H]1C[C@@H]1c1ccc(CCC(=O)N2CCC[C@H]2Cn2cccn2)o1. The fraction of sp³-hybridized carbons (Fsp3) is 0.579. The Morgan fingerprint density at radius 3 is 3.04 bits per heavy atom. The molecule has 1 amide bonds. The van der Waals surface area contributed by atoms with E-state index >= 15 is 0 Å². The molecule has 0 spiro atoms. The summed E-state index contributed by atoms with van der Waals surface area (Å²) in [6.07, 6.45) is 8.36. The zero-order chi connectivity index (χ0) is 16.5. The van der Waals surface area contributed by atoms with Crippen molar-refractivity contribution >= 4 is 5.91 Å². The Labute approximate surface area is 142 Å². The van der Waals surface area contributed by atoms with Crippen molar-refractivity contribution in [2.75, 3.05) is 6.54 Å². The zero-order valence-corrected chi connectivity index (χ0v) is 14.2. The molecule has 2 fully saturated rings. The molecule has 1 aliphatic heterocycles. The van der Waals surface area contributed by atoms with Crippen molar-refractivity contribution in [3.63, 3.8) is 0 Å². The van der Waals surface area contributed by atoms with E-state index in [0.717, 1.165) is 43.4 Å². The van der Waals surface area contributed by atoms with E-state index in [-0.39, 0.29) is 11.9 Å².